The van der Waals surface area contributed by atoms with Crippen LogP contribution in [-0.2, 0) is 23.7 Å². The van der Waals surface area contributed by atoms with Crippen LogP contribution >= 0.6 is 31.9 Å². The van der Waals surface area contributed by atoms with Crippen molar-refractivity contribution in [3.8, 4) is 0 Å². The molecule has 0 aromatic carbocycles. The van der Waals surface area contributed by atoms with Crippen molar-refractivity contribution >= 4 is 37.8 Å². The highest BCUT2D eigenvalue weighted by Crippen LogP contribution is 2.40. The van der Waals surface area contributed by atoms with Crippen molar-refractivity contribution in [2.75, 3.05) is 6.61 Å². The van der Waals surface area contributed by atoms with Gasteiger partial charge in [-0.1, -0.05) is 31.9 Å². The Balaban J connectivity index is 2.26. The van der Waals surface area contributed by atoms with E-state index in [1.807, 2.05) is 0 Å². The van der Waals surface area contributed by atoms with Crippen molar-refractivity contribution in [1.82, 2.24) is 0 Å². The highest BCUT2D eigenvalue weighted by atomic mass is 79.9. The van der Waals surface area contributed by atoms with Crippen molar-refractivity contribution in [2.24, 2.45) is 0 Å². The number of hydrogen-bond donors (Lipinski definition) is 3. The van der Waals surface area contributed by atoms with Crippen LogP contribution in [0, 0.1) is 0 Å². The SMILES string of the molecule is CC1(C)O[C@@H]([C@@H]2OC(C(Br)Br)OC[C@@H]2O)[C@@](O)(C(=O)O)O1. The second-order valence-corrected chi connectivity index (χ2v) is 8.45. The highest BCUT2D eigenvalue weighted by Gasteiger charge is 2.63. The normalized spacial score (nSPS) is 43.2. The summed E-state index contributed by atoms with van der Waals surface area (Å²) in [7, 11) is 0. The number of carboxylic acids is 1. The average Bonchev–Trinajstić information content (AvgIpc) is 2.61. The van der Waals surface area contributed by atoms with E-state index in [4.69, 9.17) is 18.9 Å². The lowest BCUT2D eigenvalue weighted by Gasteiger charge is -2.39. The van der Waals surface area contributed by atoms with Crippen molar-refractivity contribution in [3.05, 3.63) is 0 Å². The number of aliphatic carboxylic acids is 1. The minimum atomic E-state index is -2.62. The summed E-state index contributed by atoms with van der Waals surface area (Å²) in [5.74, 6) is -5.58. The minimum absolute atomic E-state index is 0.0982. The maximum atomic E-state index is 11.3. The van der Waals surface area contributed by atoms with Crippen LogP contribution in [0.1, 0.15) is 13.8 Å². The lowest BCUT2D eigenvalue weighted by atomic mass is 9.99. The average molecular weight is 436 g/mol. The number of rotatable bonds is 3. The molecule has 2 aliphatic rings. The first kappa shape index (κ1) is 17.5. The van der Waals surface area contributed by atoms with Gasteiger partial charge in [-0.3, -0.25) is 0 Å². The van der Waals surface area contributed by atoms with Gasteiger partial charge in [0, 0.05) is 0 Å². The second-order valence-electron chi connectivity index (χ2n) is 5.25. The first-order valence-electron chi connectivity index (χ1n) is 6.14. The summed E-state index contributed by atoms with van der Waals surface area (Å²) in [6.07, 6.45) is -4.51. The lowest BCUT2D eigenvalue weighted by molar-refractivity contribution is -0.285. The molecule has 10 heteroatoms. The van der Waals surface area contributed by atoms with Gasteiger partial charge < -0.3 is 34.3 Å². The molecule has 0 radical (unpaired) electrons. The second kappa shape index (κ2) is 6.00. The zero-order valence-corrected chi connectivity index (χ0v) is 14.4. The monoisotopic (exact) mass is 434 g/mol. The van der Waals surface area contributed by atoms with E-state index < -0.39 is 42.1 Å². The van der Waals surface area contributed by atoms with E-state index in [9.17, 15) is 20.1 Å². The molecule has 1 unspecified atom stereocenters. The zero-order chi connectivity index (χ0) is 16.0. The number of alkyl halides is 2. The molecule has 2 heterocycles. The molecule has 2 saturated heterocycles. The third-order valence-electron chi connectivity index (χ3n) is 3.11. The summed E-state index contributed by atoms with van der Waals surface area (Å²) in [6.45, 7) is 2.82. The van der Waals surface area contributed by atoms with E-state index in [1.165, 1.54) is 13.8 Å². The predicted molar refractivity (Wildman–Crippen MR) is 74.9 cm³/mol. The Bertz CT molecular complexity index is 417. The van der Waals surface area contributed by atoms with Crippen molar-refractivity contribution in [1.29, 1.82) is 0 Å². The highest BCUT2D eigenvalue weighted by molar-refractivity contribution is 9.24. The van der Waals surface area contributed by atoms with Gasteiger partial charge in [0.2, 0.25) is 0 Å². The van der Waals surface area contributed by atoms with Crippen LogP contribution < -0.4 is 0 Å². The summed E-state index contributed by atoms with van der Waals surface area (Å²) in [5.41, 5.74) is 0. The Morgan fingerprint density at radius 1 is 1.38 bits per heavy atom. The van der Waals surface area contributed by atoms with Crippen LogP contribution in [0.3, 0.4) is 0 Å². The summed E-state index contributed by atoms with van der Waals surface area (Å²) in [4.78, 5) is 11.3. The molecule has 0 aliphatic carbocycles. The quantitative estimate of drug-likeness (QED) is 0.536. The number of ether oxygens (including phenoxy) is 4. The summed E-state index contributed by atoms with van der Waals surface area (Å²) < 4.78 is 20.9. The van der Waals surface area contributed by atoms with Crippen LogP contribution in [0.2, 0.25) is 0 Å². The third kappa shape index (κ3) is 3.42. The van der Waals surface area contributed by atoms with Crippen LogP contribution in [0.5, 0.6) is 0 Å². The Hall–Kier alpha value is 0.190. The van der Waals surface area contributed by atoms with Gasteiger partial charge in [-0.2, -0.15) is 0 Å². The number of carbonyl (C=O) groups is 1. The van der Waals surface area contributed by atoms with Crippen LogP contribution in [0.15, 0.2) is 0 Å². The number of halogens is 2. The van der Waals surface area contributed by atoms with E-state index in [2.05, 4.69) is 31.9 Å². The maximum Gasteiger partial charge on any atom is 0.367 e. The molecule has 8 nitrogen and oxygen atoms in total. The third-order valence-corrected chi connectivity index (χ3v) is 3.97. The molecule has 2 aliphatic heterocycles. The molecule has 5 atom stereocenters. The predicted octanol–water partition coefficient (Wildman–Crippen LogP) is 0.129. The molecule has 0 aromatic rings. The van der Waals surface area contributed by atoms with Gasteiger partial charge in [-0.25, -0.2) is 4.79 Å². The lowest BCUT2D eigenvalue weighted by Crippen LogP contribution is -2.60. The van der Waals surface area contributed by atoms with Gasteiger partial charge in [-0.15, -0.1) is 0 Å². The van der Waals surface area contributed by atoms with Gasteiger partial charge in [0.1, 0.15) is 15.9 Å². The molecule has 3 N–H and O–H groups in total. The van der Waals surface area contributed by atoms with E-state index in [0.29, 0.717) is 0 Å². The topological polar surface area (TPSA) is 115 Å². The molecule has 122 valence electrons. The number of aliphatic hydroxyl groups is 2. The molecule has 0 saturated carbocycles. The summed E-state index contributed by atoms with van der Waals surface area (Å²) >= 11 is 6.41. The summed E-state index contributed by atoms with van der Waals surface area (Å²) in [5, 5.41) is 29.5. The number of carboxylic acid groups (broad SMARTS) is 1. The Kier molecular flexibility index (Phi) is 5.02. The Morgan fingerprint density at radius 2 is 2.00 bits per heavy atom. The number of aliphatic hydroxyl groups excluding tert-OH is 1. The van der Waals surface area contributed by atoms with Gasteiger partial charge in [0.15, 0.2) is 18.2 Å². The van der Waals surface area contributed by atoms with Gasteiger partial charge in [0.25, 0.3) is 5.79 Å². The van der Waals surface area contributed by atoms with Crippen molar-refractivity contribution < 1.29 is 39.1 Å². The molecule has 0 bridgehead atoms. The summed E-state index contributed by atoms with van der Waals surface area (Å²) in [6, 6.07) is 0. The first-order chi connectivity index (χ1) is 9.57. The van der Waals surface area contributed by atoms with Gasteiger partial charge in [0.05, 0.1) is 6.61 Å². The molecule has 0 spiro atoms. The zero-order valence-electron chi connectivity index (χ0n) is 11.2. The van der Waals surface area contributed by atoms with E-state index in [-0.39, 0.29) is 10.3 Å². The largest absolute Gasteiger partial charge is 0.477 e. The van der Waals surface area contributed by atoms with Crippen LogP contribution in [0.4, 0.5) is 0 Å². The maximum absolute atomic E-state index is 11.3. The smallest absolute Gasteiger partial charge is 0.367 e. The Morgan fingerprint density at radius 3 is 2.52 bits per heavy atom. The fraction of sp³-hybridized carbons (Fsp3) is 0.909. The Labute approximate surface area is 137 Å². The number of hydrogen-bond acceptors (Lipinski definition) is 7. The molecular formula is C11H16Br2O8. The minimum Gasteiger partial charge on any atom is -0.477 e. The van der Waals surface area contributed by atoms with Crippen LogP contribution in [0.25, 0.3) is 0 Å². The molecule has 21 heavy (non-hydrogen) atoms. The molecule has 2 rings (SSSR count). The van der Waals surface area contributed by atoms with E-state index in [1.54, 1.807) is 0 Å². The van der Waals surface area contributed by atoms with Crippen LogP contribution in [-0.4, -0.2) is 67.8 Å². The molecular weight excluding hydrogens is 420 g/mol. The fourth-order valence-corrected chi connectivity index (χ4v) is 2.83. The molecule has 0 aromatic heterocycles. The molecule has 0 amide bonds. The fourth-order valence-electron chi connectivity index (χ4n) is 2.28. The van der Waals surface area contributed by atoms with Gasteiger partial charge in [-0.05, 0) is 13.8 Å². The molecule has 2 fully saturated rings. The van der Waals surface area contributed by atoms with Gasteiger partial charge >= 0.3 is 5.97 Å². The standard InChI is InChI=1S/C11H16Br2O8/c1-10(2)20-6(11(17,21-10)9(15)16)5-4(14)3-18-8(19-5)7(12)13/h4-8,14,17H,3H2,1-2H3,(H,15,16)/t4-,5+,6-,8?,11-/m0/s1. The van der Waals surface area contributed by atoms with Crippen molar-refractivity contribution in [3.63, 3.8) is 0 Å². The van der Waals surface area contributed by atoms with E-state index >= 15 is 0 Å². The first-order valence-corrected chi connectivity index (χ1v) is 7.97. The van der Waals surface area contributed by atoms with E-state index in [0.717, 1.165) is 0 Å². The van der Waals surface area contributed by atoms with Crippen molar-refractivity contribution in [2.45, 2.75) is 53.8 Å².